The zero-order valence-electron chi connectivity index (χ0n) is 19.2. The molecule has 1 aliphatic heterocycles. The van der Waals surface area contributed by atoms with Crippen molar-refractivity contribution in [2.45, 2.75) is 44.4 Å². The van der Waals surface area contributed by atoms with Gasteiger partial charge in [-0.2, -0.15) is 0 Å². The maximum atomic E-state index is 12.9. The third kappa shape index (κ3) is 4.97. The van der Waals surface area contributed by atoms with Gasteiger partial charge in [0.2, 0.25) is 0 Å². The van der Waals surface area contributed by atoms with Gasteiger partial charge in [0, 0.05) is 48.4 Å². The van der Waals surface area contributed by atoms with Crippen LogP contribution in [0.5, 0.6) is 5.75 Å². The molecule has 6 nitrogen and oxygen atoms in total. The Kier molecular flexibility index (Phi) is 7.24. The summed E-state index contributed by atoms with van der Waals surface area (Å²) in [6.07, 6.45) is 3.79. The van der Waals surface area contributed by atoms with Crippen LogP contribution in [0.15, 0.2) is 63.5 Å². The van der Waals surface area contributed by atoms with Crippen molar-refractivity contribution in [1.82, 2.24) is 0 Å². The molecule has 0 spiro atoms. The van der Waals surface area contributed by atoms with Gasteiger partial charge < -0.3 is 14.8 Å². The Morgan fingerprint density at radius 1 is 0.944 bits per heavy atom. The molecule has 2 aromatic carbocycles. The predicted octanol–water partition coefficient (Wildman–Crippen LogP) is 6.90. The summed E-state index contributed by atoms with van der Waals surface area (Å²) in [4.78, 5) is 38.3. The van der Waals surface area contributed by atoms with Crippen molar-refractivity contribution in [2.24, 2.45) is 0 Å². The molecule has 0 saturated heterocycles. The van der Waals surface area contributed by atoms with E-state index in [0.717, 1.165) is 18.4 Å². The van der Waals surface area contributed by atoms with Crippen LogP contribution in [0, 0.1) is 0 Å². The zero-order valence-corrected chi connectivity index (χ0v) is 22.3. The molecule has 9 heteroatoms. The number of hydrogen-bond acceptors (Lipinski definition) is 5. The summed E-state index contributed by atoms with van der Waals surface area (Å²) < 4.78 is 12.4. The van der Waals surface area contributed by atoms with Crippen LogP contribution in [-0.2, 0) is 19.1 Å². The molecule has 0 atom stereocenters. The highest BCUT2D eigenvalue weighted by Crippen LogP contribution is 2.48. The summed E-state index contributed by atoms with van der Waals surface area (Å²) >= 11 is 15.4. The van der Waals surface area contributed by atoms with Gasteiger partial charge in [0.1, 0.15) is 17.3 Å². The minimum absolute atomic E-state index is 0.0293. The number of benzene rings is 2. The smallest absolute Gasteiger partial charge is 0.262 e. The molecule has 0 fully saturated rings. The highest BCUT2D eigenvalue weighted by molar-refractivity contribution is 9.10. The van der Waals surface area contributed by atoms with Crippen molar-refractivity contribution < 1.29 is 23.9 Å². The Labute approximate surface area is 226 Å². The van der Waals surface area contributed by atoms with E-state index in [1.54, 1.807) is 24.3 Å². The van der Waals surface area contributed by atoms with Crippen LogP contribution in [0.2, 0.25) is 10.0 Å². The molecule has 5 rings (SSSR count). The molecule has 0 aromatic heterocycles. The van der Waals surface area contributed by atoms with Crippen LogP contribution in [0.3, 0.4) is 0 Å². The van der Waals surface area contributed by atoms with E-state index in [1.165, 1.54) is 0 Å². The lowest BCUT2D eigenvalue weighted by atomic mass is 9.73. The van der Waals surface area contributed by atoms with Crippen molar-refractivity contribution in [1.29, 1.82) is 0 Å². The maximum Gasteiger partial charge on any atom is 0.262 e. The first-order valence-corrected chi connectivity index (χ1v) is 13.2. The number of halogens is 3. The summed E-state index contributed by atoms with van der Waals surface area (Å²) in [5.74, 6) is 1.10. The number of rotatable bonds is 5. The van der Waals surface area contributed by atoms with E-state index in [-0.39, 0.29) is 24.1 Å². The predicted molar refractivity (Wildman–Crippen MR) is 140 cm³/mol. The highest BCUT2D eigenvalue weighted by atomic mass is 79.9. The average molecular weight is 591 g/mol. The van der Waals surface area contributed by atoms with Gasteiger partial charge in [0.15, 0.2) is 18.2 Å². The molecule has 186 valence electrons. The highest BCUT2D eigenvalue weighted by Gasteiger charge is 2.41. The van der Waals surface area contributed by atoms with Crippen molar-refractivity contribution in [3.63, 3.8) is 0 Å². The Morgan fingerprint density at radius 2 is 1.61 bits per heavy atom. The number of anilines is 1. The first kappa shape index (κ1) is 25.1. The maximum absolute atomic E-state index is 12.9. The second-order valence-electron chi connectivity index (χ2n) is 8.92. The number of ether oxygens (including phenoxy) is 2. The van der Waals surface area contributed by atoms with Gasteiger partial charge in [-0.15, -0.1) is 0 Å². The van der Waals surface area contributed by atoms with Crippen LogP contribution >= 0.6 is 39.1 Å². The van der Waals surface area contributed by atoms with Gasteiger partial charge in [0.05, 0.1) is 14.5 Å². The molecule has 1 N–H and O–H groups in total. The molecule has 0 unspecified atom stereocenters. The molecular formula is C27H22BrCl2NO5. The van der Waals surface area contributed by atoms with Crippen molar-refractivity contribution in [3.05, 3.63) is 79.1 Å². The van der Waals surface area contributed by atoms with E-state index < -0.39 is 5.92 Å². The molecule has 1 amide bonds. The van der Waals surface area contributed by atoms with Gasteiger partial charge in [-0.25, -0.2) is 0 Å². The van der Waals surface area contributed by atoms with Crippen LogP contribution in [0.4, 0.5) is 5.69 Å². The fourth-order valence-electron chi connectivity index (χ4n) is 4.88. The van der Waals surface area contributed by atoms with E-state index in [9.17, 15) is 14.4 Å². The molecular weight excluding hydrogens is 569 g/mol. The molecule has 36 heavy (non-hydrogen) atoms. The standard InChI is InChI=1S/C27H22BrCl2NO5/c28-16-11-14(7-10-21(16)35-13-24(34)31-15-8-9-17(29)18(30)12-15)25-26-19(32)3-1-5-22(26)36-23-6-2-4-20(33)27(23)25/h7-12,25H,1-6,13H2,(H,31,34). The molecule has 3 aliphatic rings. The van der Waals surface area contributed by atoms with Gasteiger partial charge in [-0.1, -0.05) is 29.3 Å². The number of allylic oxidation sites excluding steroid dienone is 4. The van der Waals surface area contributed by atoms with Gasteiger partial charge >= 0.3 is 0 Å². The summed E-state index contributed by atoms with van der Waals surface area (Å²) in [5, 5.41) is 3.45. The number of carbonyl (C=O) groups excluding carboxylic acids is 3. The number of carbonyl (C=O) groups is 3. The molecule has 2 aliphatic carbocycles. The SMILES string of the molecule is O=C(COc1ccc(C2C3=C(CCCC3=O)OC3=C2C(=O)CCC3)cc1Br)Nc1ccc(Cl)c(Cl)c1. The molecule has 0 radical (unpaired) electrons. The Balaban J connectivity index is 1.37. The van der Waals surface area contributed by atoms with Gasteiger partial charge in [-0.3, -0.25) is 14.4 Å². The largest absolute Gasteiger partial charge is 0.483 e. The minimum atomic E-state index is -0.451. The van der Waals surface area contributed by atoms with E-state index in [0.29, 0.717) is 74.3 Å². The van der Waals surface area contributed by atoms with Crippen molar-refractivity contribution in [3.8, 4) is 5.75 Å². The number of amides is 1. The zero-order chi connectivity index (χ0) is 25.4. The number of nitrogens with one attached hydrogen (secondary N) is 1. The van der Waals surface area contributed by atoms with Crippen molar-refractivity contribution in [2.75, 3.05) is 11.9 Å². The minimum Gasteiger partial charge on any atom is -0.483 e. The molecule has 0 saturated carbocycles. The first-order chi connectivity index (χ1) is 17.3. The molecule has 1 heterocycles. The van der Waals surface area contributed by atoms with Crippen LogP contribution in [-0.4, -0.2) is 24.1 Å². The summed E-state index contributed by atoms with van der Waals surface area (Å²) in [6.45, 7) is -0.225. The van der Waals surface area contributed by atoms with Gasteiger partial charge in [0.25, 0.3) is 5.91 Å². The van der Waals surface area contributed by atoms with Crippen molar-refractivity contribution >= 4 is 62.3 Å². The molecule has 2 aromatic rings. The lowest BCUT2D eigenvalue weighted by molar-refractivity contribution is -0.119. The Morgan fingerprint density at radius 3 is 2.22 bits per heavy atom. The second kappa shape index (κ2) is 10.4. The number of hydrogen-bond donors (Lipinski definition) is 1. The summed E-state index contributed by atoms with van der Waals surface area (Å²) in [7, 11) is 0. The number of Topliss-reactive ketones (excluding diaryl/α,β-unsaturated/α-hetero) is 2. The third-order valence-electron chi connectivity index (χ3n) is 6.49. The first-order valence-electron chi connectivity index (χ1n) is 11.7. The number of ketones is 2. The van der Waals surface area contributed by atoms with E-state index in [4.69, 9.17) is 32.7 Å². The Hall–Kier alpha value is -2.61. The van der Waals surface area contributed by atoms with E-state index >= 15 is 0 Å². The Bertz CT molecular complexity index is 1310. The second-order valence-corrected chi connectivity index (χ2v) is 10.6. The summed E-state index contributed by atoms with van der Waals surface area (Å²) in [5.41, 5.74) is 2.51. The topological polar surface area (TPSA) is 81.7 Å². The third-order valence-corrected chi connectivity index (χ3v) is 7.85. The van der Waals surface area contributed by atoms with Crippen LogP contribution < -0.4 is 10.1 Å². The van der Waals surface area contributed by atoms with Gasteiger partial charge in [-0.05, 0) is 64.7 Å². The lowest BCUT2D eigenvalue weighted by Gasteiger charge is -2.36. The fourth-order valence-corrected chi connectivity index (χ4v) is 5.69. The van der Waals surface area contributed by atoms with E-state index in [2.05, 4.69) is 21.2 Å². The fraction of sp³-hybridized carbons (Fsp3) is 0.296. The molecule has 0 bridgehead atoms. The lowest BCUT2D eigenvalue weighted by Crippen LogP contribution is -2.30. The average Bonchev–Trinajstić information content (AvgIpc) is 2.85. The normalized spacial score (nSPS) is 18.0. The summed E-state index contributed by atoms with van der Waals surface area (Å²) in [6, 6.07) is 10.2. The van der Waals surface area contributed by atoms with E-state index in [1.807, 2.05) is 12.1 Å². The quantitative estimate of drug-likeness (QED) is 0.409. The van der Waals surface area contributed by atoms with Crippen LogP contribution in [0.25, 0.3) is 0 Å². The van der Waals surface area contributed by atoms with Crippen LogP contribution in [0.1, 0.15) is 50.0 Å². The monoisotopic (exact) mass is 589 g/mol.